The minimum Gasteiger partial charge on any atom is -0.497 e. The summed E-state index contributed by atoms with van der Waals surface area (Å²) in [5.41, 5.74) is 4.72. The summed E-state index contributed by atoms with van der Waals surface area (Å²) in [4.78, 5) is 17.8. The highest BCUT2D eigenvalue weighted by molar-refractivity contribution is 7.10. The van der Waals surface area contributed by atoms with Crippen LogP contribution in [0.5, 0.6) is 11.5 Å². The molecule has 1 aliphatic carbocycles. The van der Waals surface area contributed by atoms with Crippen molar-refractivity contribution in [2.24, 2.45) is 0 Å². The van der Waals surface area contributed by atoms with E-state index in [0.717, 1.165) is 27.6 Å². The van der Waals surface area contributed by atoms with Gasteiger partial charge >= 0.3 is 0 Å². The third kappa shape index (κ3) is 6.01. The van der Waals surface area contributed by atoms with Gasteiger partial charge in [0.15, 0.2) is 10.8 Å². The summed E-state index contributed by atoms with van der Waals surface area (Å²) in [6.07, 6.45) is 3.72. The van der Waals surface area contributed by atoms with Gasteiger partial charge in [-0.15, -0.1) is 16.4 Å². The lowest BCUT2D eigenvalue weighted by Gasteiger charge is -2.22. The minimum atomic E-state index is -0.271. The van der Waals surface area contributed by atoms with E-state index in [9.17, 15) is 4.79 Å². The van der Waals surface area contributed by atoms with Crippen LogP contribution < -0.4 is 14.8 Å². The first kappa shape index (κ1) is 27.2. The molecule has 0 bridgehead atoms. The zero-order valence-electron chi connectivity index (χ0n) is 23.2. The number of thiazole rings is 1. The van der Waals surface area contributed by atoms with E-state index in [1.807, 2.05) is 48.5 Å². The third-order valence-electron chi connectivity index (χ3n) is 7.21. The number of benzene rings is 3. The molecule has 10 heteroatoms. The highest BCUT2D eigenvalue weighted by atomic mass is 32.1. The van der Waals surface area contributed by atoms with E-state index in [1.54, 1.807) is 48.4 Å². The van der Waals surface area contributed by atoms with Crippen LogP contribution in [0.4, 0.5) is 5.69 Å². The summed E-state index contributed by atoms with van der Waals surface area (Å²) < 4.78 is 12.6. The quantitative estimate of drug-likeness (QED) is 0.234. The molecule has 0 radical (unpaired) electrons. The van der Waals surface area contributed by atoms with Gasteiger partial charge in [0.1, 0.15) is 11.5 Å². The van der Waals surface area contributed by atoms with E-state index in [2.05, 4.69) is 43.0 Å². The lowest BCUT2D eigenvalue weighted by Crippen LogP contribution is -2.12. The number of nitrogens with zero attached hydrogens (tertiary/aromatic N) is 5. The summed E-state index contributed by atoms with van der Waals surface area (Å²) in [6.45, 7) is 0.460. The van der Waals surface area contributed by atoms with E-state index in [1.165, 1.54) is 19.3 Å². The lowest BCUT2D eigenvalue weighted by molar-refractivity contribution is 0.102. The fraction of sp³-hybridized carbons (Fsp3) is 0.219. The van der Waals surface area contributed by atoms with E-state index >= 15 is 0 Å². The van der Waals surface area contributed by atoms with Crippen LogP contribution in [0.15, 0.2) is 72.1 Å². The third-order valence-corrected chi connectivity index (χ3v) is 7.98. The van der Waals surface area contributed by atoms with Gasteiger partial charge in [0.2, 0.25) is 0 Å². The van der Waals surface area contributed by atoms with E-state index in [-0.39, 0.29) is 5.91 Å². The second-order valence-corrected chi connectivity index (χ2v) is 10.8. The van der Waals surface area contributed by atoms with Crippen LogP contribution in [0.2, 0.25) is 0 Å². The Morgan fingerprint density at radius 1 is 1.05 bits per heavy atom. The molecule has 1 amide bonds. The summed E-state index contributed by atoms with van der Waals surface area (Å²) in [7, 11) is 3.18. The molecule has 3 aromatic carbocycles. The SMILES string of the molecule is COc1ccc(Cn2nnnc2-c2ccc(C(=O)Nc3cccc(C#Cc4nc(C5CCC5)cs4)c3)cc2OC)cc1. The predicted octanol–water partition coefficient (Wildman–Crippen LogP) is 5.78. The van der Waals surface area contributed by atoms with Crippen LogP contribution in [-0.2, 0) is 6.54 Å². The second-order valence-electron chi connectivity index (χ2n) is 9.91. The number of carbonyl (C=O) groups excluding carboxylic acids is 1. The van der Waals surface area contributed by atoms with Crippen LogP contribution in [0.1, 0.15) is 57.4 Å². The maximum atomic E-state index is 13.2. The Morgan fingerprint density at radius 2 is 1.90 bits per heavy atom. The summed E-state index contributed by atoms with van der Waals surface area (Å²) in [5, 5.41) is 18.1. The van der Waals surface area contributed by atoms with Gasteiger partial charge in [0.05, 0.1) is 32.0 Å². The lowest BCUT2D eigenvalue weighted by atomic mass is 9.83. The van der Waals surface area contributed by atoms with Crippen LogP contribution in [0.3, 0.4) is 0 Å². The van der Waals surface area contributed by atoms with Gasteiger partial charge in [-0.1, -0.05) is 30.5 Å². The Bertz CT molecular complexity index is 1780. The van der Waals surface area contributed by atoms with Gasteiger partial charge in [0, 0.05) is 28.1 Å². The number of anilines is 1. The van der Waals surface area contributed by atoms with Gasteiger partial charge in [-0.05, 0) is 83.3 Å². The average Bonchev–Trinajstić information content (AvgIpc) is 3.65. The Hall–Kier alpha value is -5.01. The molecule has 0 saturated heterocycles. The van der Waals surface area contributed by atoms with Crippen molar-refractivity contribution in [3.05, 3.63) is 99.5 Å². The first-order valence-corrected chi connectivity index (χ1v) is 14.4. The zero-order chi connectivity index (χ0) is 28.9. The molecule has 9 nitrogen and oxygen atoms in total. The Balaban J connectivity index is 1.16. The van der Waals surface area contributed by atoms with Crippen molar-refractivity contribution in [1.29, 1.82) is 0 Å². The van der Waals surface area contributed by atoms with Crippen molar-refractivity contribution in [2.75, 3.05) is 19.5 Å². The molecule has 1 fully saturated rings. The van der Waals surface area contributed by atoms with Gasteiger partial charge in [0.25, 0.3) is 5.91 Å². The molecule has 6 rings (SSSR count). The smallest absolute Gasteiger partial charge is 0.255 e. The first-order valence-electron chi connectivity index (χ1n) is 13.6. The van der Waals surface area contributed by atoms with Crippen molar-refractivity contribution < 1.29 is 14.3 Å². The predicted molar refractivity (Wildman–Crippen MR) is 161 cm³/mol. The number of amides is 1. The molecule has 0 atom stereocenters. The Morgan fingerprint density at radius 3 is 2.67 bits per heavy atom. The second kappa shape index (κ2) is 12.2. The fourth-order valence-electron chi connectivity index (χ4n) is 4.66. The molecular weight excluding hydrogens is 548 g/mol. The molecular formula is C32H28N6O3S. The Labute approximate surface area is 247 Å². The van der Waals surface area contributed by atoms with Gasteiger partial charge in [-0.2, -0.15) is 0 Å². The Kier molecular flexibility index (Phi) is 7.92. The van der Waals surface area contributed by atoms with Crippen molar-refractivity contribution in [3.63, 3.8) is 0 Å². The normalized spacial score (nSPS) is 12.6. The molecule has 1 N–H and O–H groups in total. The number of rotatable bonds is 8. The largest absolute Gasteiger partial charge is 0.497 e. The number of tetrazole rings is 1. The topological polar surface area (TPSA) is 104 Å². The maximum absolute atomic E-state index is 13.2. The number of hydrogen-bond donors (Lipinski definition) is 1. The molecule has 2 aromatic heterocycles. The number of methoxy groups -OCH3 is 2. The molecule has 2 heterocycles. The minimum absolute atomic E-state index is 0.271. The molecule has 42 heavy (non-hydrogen) atoms. The highest BCUT2D eigenvalue weighted by Gasteiger charge is 2.22. The standard InChI is InChI=1S/C32H28N6O3S/c1-40-26-13-9-22(10-14-26)19-38-31(35-36-37-38)27-15-12-24(18-29(27)41-2)32(39)33-25-8-3-5-21(17-25)11-16-30-34-28(20-42-30)23-6-4-7-23/h3,5,8-10,12-15,17-18,20,23H,4,6-7,19H2,1-2H3,(H,33,39). The molecule has 1 saturated carbocycles. The number of aromatic nitrogens is 5. The number of carbonyl (C=O) groups is 1. The monoisotopic (exact) mass is 576 g/mol. The molecule has 0 spiro atoms. The molecule has 1 aliphatic rings. The van der Waals surface area contributed by atoms with E-state index < -0.39 is 0 Å². The summed E-state index contributed by atoms with van der Waals surface area (Å²) in [6, 6.07) is 20.4. The van der Waals surface area contributed by atoms with E-state index in [0.29, 0.717) is 40.9 Å². The fourth-order valence-corrected chi connectivity index (χ4v) is 5.41. The van der Waals surface area contributed by atoms with Gasteiger partial charge < -0.3 is 14.8 Å². The molecule has 0 unspecified atom stereocenters. The van der Waals surface area contributed by atoms with Crippen LogP contribution in [-0.4, -0.2) is 45.3 Å². The average molecular weight is 577 g/mol. The van der Waals surface area contributed by atoms with Crippen molar-refractivity contribution in [3.8, 4) is 34.7 Å². The number of hydrogen-bond acceptors (Lipinski definition) is 8. The summed E-state index contributed by atoms with van der Waals surface area (Å²) >= 11 is 1.58. The van der Waals surface area contributed by atoms with Crippen LogP contribution >= 0.6 is 11.3 Å². The van der Waals surface area contributed by atoms with Crippen molar-refractivity contribution in [2.45, 2.75) is 31.7 Å². The van der Waals surface area contributed by atoms with Gasteiger partial charge in [-0.3, -0.25) is 4.79 Å². The molecule has 210 valence electrons. The highest BCUT2D eigenvalue weighted by Crippen LogP contribution is 2.36. The summed E-state index contributed by atoms with van der Waals surface area (Å²) in [5.74, 6) is 8.45. The zero-order valence-corrected chi connectivity index (χ0v) is 24.0. The van der Waals surface area contributed by atoms with E-state index in [4.69, 9.17) is 9.47 Å². The molecule has 0 aliphatic heterocycles. The molecule has 5 aromatic rings. The number of ether oxygens (including phenoxy) is 2. The number of nitrogens with one attached hydrogen (secondary N) is 1. The van der Waals surface area contributed by atoms with Crippen LogP contribution in [0.25, 0.3) is 11.4 Å². The van der Waals surface area contributed by atoms with Crippen molar-refractivity contribution in [1.82, 2.24) is 25.2 Å². The van der Waals surface area contributed by atoms with Crippen molar-refractivity contribution >= 4 is 22.9 Å². The van der Waals surface area contributed by atoms with Crippen LogP contribution in [0, 0.1) is 11.8 Å². The maximum Gasteiger partial charge on any atom is 0.255 e. The first-order chi connectivity index (χ1) is 20.6. The van der Waals surface area contributed by atoms with Gasteiger partial charge in [-0.25, -0.2) is 9.67 Å².